The minimum absolute atomic E-state index is 0.295. The van der Waals surface area contributed by atoms with Gasteiger partial charge in [0.2, 0.25) is 0 Å². The lowest BCUT2D eigenvalue weighted by Crippen LogP contribution is -2.36. The van der Waals surface area contributed by atoms with Gasteiger partial charge >= 0.3 is 5.97 Å². The van der Waals surface area contributed by atoms with Gasteiger partial charge in [0, 0.05) is 11.6 Å². The molecule has 0 unspecified atom stereocenters. The number of carbonyl (C=O) groups excluding carboxylic acids is 1. The Morgan fingerprint density at radius 1 is 1.28 bits per heavy atom. The van der Waals surface area contributed by atoms with Crippen LogP contribution in [0.15, 0.2) is 24.8 Å². The lowest BCUT2D eigenvalue weighted by Gasteiger charge is -2.26. The molecule has 2 atom stereocenters. The Labute approximate surface area is 152 Å². The SMILES string of the molecule is C=CC[C@H](N[S@](=O)C(C)(C)C)c1c(OC)cc(OC)cc1C(=O)OC. The van der Waals surface area contributed by atoms with Crippen LogP contribution in [0, 0.1) is 0 Å². The molecule has 1 aromatic rings. The van der Waals surface area contributed by atoms with E-state index in [-0.39, 0.29) is 0 Å². The minimum Gasteiger partial charge on any atom is -0.497 e. The van der Waals surface area contributed by atoms with Crippen molar-refractivity contribution < 1.29 is 23.2 Å². The van der Waals surface area contributed by atoms with Crippen LogP contribution in [0.4, 0.5) is 0 Å². The van der Waals surface area contributed by atoms with Crippen molar-refractivity contribution in [3.05, 3.63) is 35.9 Å². The maximum Gasteiger partial charge on any atom is 0.338 e. The highest BCUT2D eigenvalue weighted by Crippen LogP contribution is 2.36. The molecule has 0 spiro atoms. The van der Waals surface area contributed by atoms with E-state index < -0.39 is 27.7 Å². The summed E-state index contributed by atoms with van der Waals surface area (Å²) in [5, 5.41) is 0. The molecule has 6 nitrogen and oxygen atoms in total. The van der Waals surface area contributed by atoms with Crippen molar-refractivity contribution in [2.75, 3.05) is 21.3 Å². The number of esters is 1. The van der Waals surface area contributed by atoms with Crippen molar-refractivity contribution in [2.45, 2.75) is 38.0 Å². The van der Waals surface area contributed by atoms with E-state index in [1.807, 2.05) is 20.8 Å². The summed E-state index contributed by atoms with van der Waals surface area (Å²) in [5.41, 5.74) is 0.858. The normalized spacial score (nSPS) is 13.7. The zero-order valence-electron chi connectivity index (χ0n) is 15.7. The highest BCUT2D eigenvalue weighted by molar-refractivity contribution is 7.84. The van der Waals surface area contributed by atoms with Gasteiger partial charge in [-0.25, -0.2) is 13.7 Å². The third kappa shape index (κ3) is 5.31. The summed E-state index contributed by atoms with van der Waals surface area (Å²) in [6.45, 7) is 9.36. The predicted octanol–water partition coefficient (Wildman–Crippen LogP) is 3.16. The zero-order valence-corrected chi connectivity index (χ0v) is 16.5. The van der Waals surface area contributed by atoms with Gasteiger partial charge < -0.3 is 14.2 Å². The van der Waals surface area contributed by atoms with Crippen molar-refractivity contribution in [1.82, 2.24) is 4.72 Å². The molecule has 0 saturated carbocycles. The molecule has 0 saturated heterocycles. The molecule has 0 fully saturated rings. The van der Waals surface area contributed by atoms with Crippen LogP contribution in [0.1, 0.15) is 49.2 Å². The van der Waals surface area contributed by atoms with E-state index in [1.54, 1.807) is 18.2 Å². The van der Waals surface area contributed by atoms with Crippen LogP contribution in [-0.2, 0) is 15.7 Å². The highest BCUT2D eigenvalue weighted by Gasteiger charge is 2.29. The highest BCUT2D eigenvalue weighted by atomic mass is 32.2. The number of methoxy groups -OCH3 is 3. The molecule has 1 rings (SSSR count). The van der Waals surface area contributed by atoms with Gasteiger partial charge in [-0.3, -0.25) is 0 Å². The average Bonchev–Trinajstić information content (AvgIpc) is 2.58. The first kappa shape index (κ1) is 21.2. The Hall–Kier alpha value is -1.86. The third-order valence-electron chi connectivity index (χ3n) is 3.53. The van der Waals surface area contributed by atoms with Crippen LogP contribution >= 0.6 is 0 Å². The maximum atomic E-state index is 12.6. The fourth-order valence-corrected chi connectivity index (χ4v) is 3.05. The van der Waals surface area contributed by atoms with Crippen molar-refractivity contribution in [2.24, 2.45) is 0 Å². The van der Waals surface area contributed by atoms with Crippen LogP contribution in [0.3, 0.4) is 0 Å². The molecule has 25 heavy (non-hydrogen) atoms. The smallest absolute Gasteiger partial charge is 0.338 e. The average molecular weight is 369 g/mol. The lowest BCUT2D eigenvalue weighted by atomic mass is 9.97. The monoisotopic (exact) mass is 369 g/mol. The molecule has 0 amide bonds. The van der Waals surface area contributed by atoms with Crippen molar-refractivity contribution in [1.29, 1.82) is 0 Å². The number of rotatable bonds is 8. The second-order valence-electron chi connectivity index (χ2n) is 6.36. The first-order valence-electron chi connectivity index (χ1n) is 7.82. The van der Waals surface area contributed by atoms with Crippen LogP contribution in [0.5, 0.6) is 11.5 Å². The van der Waals surface area contributed by atoms with E-state index in [4.69, 9.17) is 14.2 Å². The van der Waals surface area contributed by atoms with E-state index >= 15 is 0 Å². The summed E-state index contributed by atoms with van der Waals surface area (Å²) in [6.07, 6.45) is 2.15. The summed E-state index contributed by atoms with van der Waals surface area (Å²) in [4.78, 5) is 12.3. The quantitative estimate of drug-likeness (QED) is 0.563. The van der Waals surface area contributed by atoms with Gasteiger partial charge in [-0.1, -0.05) is 6.08 Å². The number of ether oxygens (including phenoxy) is 3. The number of hydrogen-bond acceptors (Lipinski definition) is 5. The number of benzene rings is 1. The predicted molar refractivity (Wildman–Crippen MR) is 99.5 cm³/mol. The molecular weight excluding hydrogens is 342 g/mol. The van der Waals surface area contributed by atoms with Crippen LogP contribution in [0.2, 0.25) is 0 Å². The number of hydrogen-bond donors (Lipinski definition) is 1. The van der Waals surface area contributed by atoms with E-state index in [2.05, 4.69) is 11.3 Å². The second-order valence-corrected chi connectivity index (χ2v) is 8.36. The summed E-state index contributed by atoms with van der Waals surface area (Å²) < 4.78 is 30.8. The Balaban J connectivity index is 3.53. The topological polar surface area (TPSA) is 73.9 Å². The molecule has 0 bridgehead atoms. The van der Waals surface area contributed by atoms with Crippen LogP contribution < -0.4 is 14.2 Å². The van der Waals surface area contributed by atoms with Gasteiger partial charge in [0.25, 0.3) is 0 Å². The van der Waals surface area contributed by atoms with Gasteiger partial charge in [0.15, 0.2) is 0 Å². The molecule has 0 radical (unpaired) electrons. The fraction of sp³-hybridized carbons (Fsp3) is 0.500. The van der Waals surface area contributed by atoms with Crippen LogP contribution in [0.25, 0.3) is 0 Å². The van der Waals surface area contributed by atoms with Crippen molar-refractivity contribution in [3.63, 3.8) is 0 Å². The molecule has 0 aliphatic rings. The van der Waals surface area contributed by atoms with Gasteiger partial charge in [0.1, 0.15) is 11.5 Å². The van der Waals surface area contributed by atoms with E-state index in [1.165, 1.54) is 21.3 Å². The van der Waals surface area contributed by atoms with Gasteiger partial charge in [-0.15, -0.1) is 6.58 Å². The standard InChI is InChI=1S/C18H27NO5S/c1-8-9-14(19-25(21)18(2,3)4)16-13(17(20)24-7)10-12(22-5)11-15(16)23-6/h8,10-11,14,19H,1,9H2,2-7H3/t14-,25+/m0/s1. The number of carbonyl (C=O) groups is 1. The Morgan fingerprint density at radius 3 is 2.36 bits per heavy atom. The summed E-state index contributed by atoms with van der Waals surface area (Å²) in [5.74, 6) is 0.393. The first-order valence-corrected chi connectivity index (χ1v) is 8.97. The zero-order chi connectivity index (χ0) is 19.2. The summed E-state index contributed by atoms with van der Waals surface area (Å²) >= 11 is 0. The summed E-state index contributed by atoms with van der Waals surface area (Å²) in [7, 11) is 2.97. The molecule has 1 aromatic carbocycles. The van der Waals surface area contributed by atoms with E-state index in [0.29, 0.717) is 29.0 Å². The van der Waals surface area contributed by atoms with Crippen LogP contribution in [-0.4, -0.2) is 36.3 Å². The van der Waals surface area contributed by atoms with Crippen molar-refractivity contribution in [3.8, 4) is 11.5 Å². The largest absolute Gasteiger partial charge is 0.497 e. The minimum atomic E-state index is -1.35. The number of nitrogens with one attached hydrogen (secondary N) is 1. The van der Waals surface area contributed by atoms with Gasteiger partial charge in [-0.2, -0.15) is 0 Å². The molecule has 140 valence electrons. The summed E-state index contributed by atoms with van der Waals surface area (Å²) in [6, 6.07) is 2.83. The van der Waals surface area contributed by atoms with Gasteiger partial charge in [0.05, 0.1) is 48.7 Å². The van der Waals surface area contributed by atoms with E-state index in [9.17, 15) is 9.00 Å². The molecular formula is C18H27NO5S. The van der Waals surface area contributed by atoms with Crippen molar-refractivity contribution >= 4 is 17.0 Å². The molecule has 0 aliphatic carbocycles. The molecule has 0 aliphatic heterocycles. The van der Waals surface area contributed by atoms with Gasteiger partial charge in [-0.05, 0) is 33.3 Å². The third-order valence-corrected chi connectivity index (χ3v) is 5.14. The second kappa shape index (κ2) is 9.01. The molecule has 0 heterocycles. The van der Waals surface area contributed by atoms with E-state index in [0.717, 1.165) is 0 Å². The first-order chi connectivity index (χ1) is 11.7. The Kier molecular flexibility index (Phi) is 7.63. The molecule has 1 N–H and O–H groups in total. The fourth-order valence-electron chi connectivity index (χ4n) is 2.22. The Bertz CT molecular complexity index is 652. The molecule has 0 aromatic heterocycles. The Morgan fingerprint density at radius 2 is 1.92 bits per heavy atom. The molecule has 7 heteroatoms. The maximum absolute atomic E-state index is 12.6. The lowest BCUT2D eigenvalue weighted by molar-refractivity contribution is 0.0597.